The fourth-order valence-electron chi connectivity index (χ4n) is 3.49. The molecule has 0 radical (unpaired) electrons. The fraction of sp³-hybridized carbons (Fsp3) is 0.478. The van der Waals surface area contributed by atoms with E-state index < -0.39 is 0 Å². The molecule has 3 rings (SSSR count). The quantitative estimate of drug-likeness (QED) is 0.790. The minimum absolute atomic E-state index is 0.0487. The Morgan fingerprint density at radius 1 is 1.21 bits per heavy atom. The van der Waals surface area contributed by atoms with Gasteiger partial charge in [-0.2, -0.15) is 0 Å². The molecule has 5 nitrogen and oxygen atoms in total. The smallest absolute Gasteiger partial charge is 0.254 e. The summed E-state index contributed by atoms with van der Waals surface area (Å²) in [5.74, 6) is 1.24. The number of pyridine rings is 1. The number of carbonyl (C=O) groups excluding carboxylic acids is 1. The Balaban J connectivity index is 1.82. The van der Waals surface area contributed by atoms with E-state index in [0.717, 1.165) is 43.8 Å². The highest BCUT2D eigenvalue weighted by Crippen LogP contribution is 2.22. The number of nitrogens with zero attached hydrogens (tertiary/aromatic N) is 2. The molecule has 28 heavy (non-hydrogen) atoms. The van der Waals surface area contributed by atoms with Crippen molar-refractivity contribution in [3.8, 4) is 5.75 Å². The molecule has 1 N–H and O–H groups in total. The SMILES string of the molecule is CC(C)COc1cccc(C(=O)N(Cc2ccccn2)C2CCCNCC2)c1. The summed E-state index contributed by atoms with van der Waals surface area (Å²) in [6.45, 7) is 7.35. The van der Waals surface area contributed by atoms with Crippen LogP contribution in [0.3, 0.4) is 0 Å². The van der Waals surface area contributed by atoms with Crippen molar-refractivity contribution < 1.29 is 9.53 Å². The number of aromatic nitrogens is 1. The van der Waals surface area contributed by atoms with E-state index >= 15 is 0 Å². The Morgan fingerprint density at radius 3 is 2.89 bits per heavy atom. The Hall–Kier alpha value is -2.40. The summed E-state index contributed by atoms with van der Waals surface area (Å²) in [4.78, 5) is 19.9. The van der Waals surface area contributed by atoms with Gasteiger partial charge in [-0.25, -0.2) is 0 Å². The summed E-state index contributed by atoms with van der Waals surface area (Å²) >= 11 is 0. The Bertz CT molecular complexity index is 741. The van der Waals surface area contributed by atoms with Crippen LogP contribution in [0.25, 0.3) is 0 Å². The molecule has 1 amide bonds. The van der Waals surface area contributed by atoms with E-state index in [2.05, 4.69) is 24.1 Å². The number of nitrogens with one attached hydrogen (secondary N) is 1. The molecule has 2 heterocycles. The highest BCUT2D eigenvalue weighted by atomic mass is 16.5. The van der Waals surface area contributed by atoms with Gasteiger partial charge in [0.2, 0.25) is 0 Å². The largest absolute Gasteiger partial charge is 0.493 e. The lowest BCUT2D eigenvalue weighted by Gasteiger charge is -2.31. The first-order valence-corrected chi connectivity index (χ1v) is 10.3. The average Bonchev–Trinajstić information content (AvgIpc) is 3.00. The van der Waals surface area contributed by atoms with Crippen LogP contribution in [0.15, 0.2) is 48.7 Å². The second-order valence-electron chi connectivity index (χ2n) is 7.82. The normalized spacial score (nSPS) is 17.2. The van der Waals surface area contributed by atoms with Crippen LogP contribution in [0.5, 0.6) is 5.75 Å². The third-order valence-corrected chi connectivity index (χ3v) is 4.97. The highest BCUT2D eigenvalue weighted by Gasteiger charge is 2.26. The van der Waals surface area contributed by atoms with Crippen molar-refractivity contribution in [3.63, 3.8) is 0 Å². The zero-order valence-electron chi connectivity index (χ0n) is 16.9. The molecule has 0 bridgehead atoms. The first kappa shape index (κ1) is 20.3. The summed E-state index contributed by atoms with van der Waals surface area (Å²) in [5, 5.41) is 3.44. The lowest BCUT2D eigenvalue weighted by atomic mass is 10.0. The number of benzene rings is 1. The number of hydrogen-bond acceptors (Lipinski definition) is 4. The molecule has 1 atom stereocenters. The maximum atomic E-state index is 13.5. The summed E-state index contributed by atoms with van der Waals surface area (Å²) in [6, 6.07) is 13.6. The molecular weight excluding hydrogens is 350 g/mol. The zero-order chi connectivity index (χ0) is 19.8. The standard InChI is InChI=1S/C23H31N3O2/c1-18(2)17-28-22-10-5-7-19(15-22)23(27)26(16-20-8-3-4-13-25-20)21-9-6-12-24-14-11-21/h3-5,7-8,10,13,15,18,21,24H,6,9,11-12,14,16-17H2,1-2H3. The van der Waals surface area contributed by atoms with Gasteiger partial charge < -0.3 is 15.0 Å². The number of ether oxygens (including phenoxy) is 1. The minimum atomic E-state index is 0.0487. The van der Waals surface area contributed by atoms with E-state index in [0.29, 0.717) is 24.6 Å². The first-order valence-electron chi connectivity index (χ1n) is 10.3. The molecule has 5 heteroatoms. The molecule has 1 aromatic carbocycles. The Labute approximate surface area is 168 Å². The maximum absolute atomic E-state index is 13.5. The Kier molecular flexibility index (Phi) is 7.43. The van der Waals surface area contributed by atoms with Gasteiger partial charge in [0, 0.05) is 17.8 Å². The van der Waals surface area contributed by atoms with Crippen LogP contribution in [-0.2, 0) is 6.54 Å². The van der Waals surface area contributed by atoms with Gasteiger partial charge in [0.15, 0.2) is 0 Å². The third-order valence-electron chi connectivity index (χ3n) is 4.97. The lowest BCUT2D eigenvalue weighted by molar-refractivity contribution is 0.0642. The van der Waals surface area contributed by atoms with Crippen molar-refractivity contribution >= 4 is 5.91 Å². The van der Waals surface area contributed by atoms with E-state index in [4.69, 9.17) is 4.74 Å². The molecule has 150 valence electrons. The van der Waals surface area contributed by atoms with Crippen molar-refractivity contribution in [3.05, 3.63) is 59.9 Å². The molecule has 0 aliphatic carbocycles. The van der Waals surface area contributed by atoms with Crippen molar-refractivity contribution in [2.24, 2.45) is 5.92 Å². The van der Waals surface area contributed by atoms with E-state index in [-0.39, 0.29) is 11.9 Å². The van der Waals surface area contributed by atoms with Crippen molar-refractivity contribution in [2.45, 2.75) is 45.7 Å². The van der Waals surface area contributed by atoms with Crippen LogP contribution >= 0.6 is 0 Å². The number of amides is 1. The monoisotopic (exact) mass is 381 g/mol. The summed E-state index contributed by atoms with van der Waals surface area (Å²) < 4.78 is 5.83. The molecular formula is C23H31N3O2. The summed E-state index contributed by atoms with van der Waals surface area (Å²) in [7, 11) is 0. The topological polar surface area (TPSA) is 54.5 Å². The first-order chi connectivity index (χ1) is 13.6. The Morgan fingerprint density at radius 2 is 2.11 bits per heavy atom. The third kappa shape index (κ3) is 5.80. The van der Waals surface area contributed by atoms with Crippen molar-refractivity contribution in [1.82, 2.24) is 15.2 Å². The van der Waals surface area contributed by atoms with Gasteiger partial charge >= 0.3 is 0 Å². The molecule has 1 fully saturated rings. The van der Waals surface area contributed by atoms with Crippen LogP contribution in [-0.4, -0.2) is 41.5 Å². The van der Waals surface area contributed by atoms with Gasteiger partial charge in [0.05, 0.1) is 18.8 Å². The summed E-state index contributed by atoms with van der Waals surface area (Å²) in [5.41, 5.74) is 1.59. The van der Waals surface area contributed by atoms with Gasteiger partial charge in [0.25, 0.3) is 5.91 Å². The van der Waals surface area contributed by atoms with Crippen LogP contribution in [0.2, 0.25) is 0 Å². The number of hydrogen-bond donors (Lipinski definition) is 1. The van der Waals surface area contributed by atoms with Crippen LogP contribution in [0, 0.1) is 5.92 Å². The summed E-state index contributed by atoms with van der Waals surface area (Å²) in [6.07, 6.45) is 4.83. The van der Waals surface area contributed by atoms with E-state index in [1.54, 1.807) is 6.20 Å². The van der Waals surface area contributed by atoms with Gasteiger partial charge in [-0.3, -0.25) is 9.78 Å². The van der Waals surface area contributed by atoms with Gasteiger partial charge in [0.1, 0.15) is 5.75 Å². The second kappa shape index (κ2) is 10.2. The fourth-order valence-corrected chi connectivity index (χ4v) is 3.49. The van der Waals surface area contributed by atoms with E-state index in [9.17, 15) is 4.79 Å². The average molecular weight is 382 g/mol. The van der Waals surface area contributed by atoms with E-state index in [1.165, 1.54) is 0 Å². The number of rotatable bonds is 7. The van der Waals surface area contributed by atoms with Gasteiger partial charge in [-0.15, -0.1) is 0 Å². The highest BCUT2D eigenvalue weighted by molar-refractivity contribution is 5.94. The number of carbonyl (C=O) groups is 1. The van der Waals surface area contributed by atoms with Crippen molar-refractivity contribution in [1.29, 1.82) is 0 Å². The van der Waals surface area contributed by atoms with Crippen LogP contribution in [0.4, 0.5) is 0 Å². The maximum Gasteiger partial charge on any atom is 0.254 e. The molecule has 1 unspecified atom stereocenters. The van der Waals surface area contributed by atoms with Crippen molar-refractivity contribution in [2.75, 3.05) is 19.7 Å². The predicted molar refractivity (Wildman–Crippen MR) is 111 cm³/mol. The molecule has 1 aliphatic rings. The van der Waals surface area contributed by atoms with E-state index in [1.807, 2.05) is 47.4 Å². The molecule has 1 saturated heterocycles. The predicted octanol–water partition coefficient (Wildman–Crippen LogP) is 3.90. The van der Waals surface area contributed by atoms with Crippen LogP contribution < -0.4 is 10.1 Å². The molecule has 2 aromatic rings. The molecule has 0 spiro atoms. The van der Waals surface area contributed by atoms with Gasteiger partial charge in [-0.1, -0.05) is 26.0 Å². The second-order valence-corrected chi connectivity index (χ2v) is 7.82. The molecule has 1 aromatic heterocycles. The lowest BCUT2D eigenvalue weighted by Crippen LogP contribution is -2.40. The van der Waals surface area contributed by atoms with Crippen LogP contribution in [0.1, 0.15) is 49.2 Å². The molecule has 1 aliphatic heterocycles. The zero-order valence-corrected chi connectivity index (χ0v) is 16.9. The molecule has 0 saturated carbocycles. The van der Waals surface area contributed by atoms with Gasteiger partial charge in [-0.05, 0) is 68.6 Å². The minimum Gasteiger partial charge on any atom is -0.493 e.